The van der Waals surface area contributed by atoms with Gasteiger partial charge in [0.15, 0.2) is 0 Å². The van der Waals surface area contributed by atoms with Gasteiger partial charge >= 0.3 is 0 Å². The SMILES string of the molecule is CC1CC(NCc2ccc(Br)cc2)CN(c2ccc(C#N)c3ncccc23)C1. The van der Waals surface area contributed by atoms with Crippen LogP contribution in [-0.2, 0) is 6.54 Å². The fourth-order valence-corrected chi connectivity index (χ4v) is 4.35. The number of benzene rings is 2. The molecule has 1 N–H and O–H groups in total. The van der Waals surface area contributed by atoms with Crippen molar-refractivity contribution in [1.82, 2.24) is 10.3 Å². The Balaban J connectivity index is 1.54. The molecule has 1 aliphatic rings. The van der Waals surface area contributed by atoms with Gasteiger partial charge in [0, 0.05) is 47.4 Å². The second-order valence-electron chi connectivity index (χ2n) is 7.59. The molecule has 1 aliphatic heterocycles. The third kappa shape index (κ3) is 4.04. The van der Waals surface area contributed by atoms with Crippen LogP contribution in [0.25, 0.3) is 10.9 Å². The minimum atomic E-state index is 0.426. The largest absolute Gasteiger partial charge is 0.369 e. The summed E-state index contributed by atoms with van der Waals surface area (Å²) in [4.78, 5) is 6.90. The van der Waals surface area contributed by atoms with Gasteiger partial charge in [-0.3, -0.25) is 4.98 Å². The minimum Gasteiger partial charge on any atom is -0.369 e. The first-order valence-corrected chi connectivity index (χ1v) is 10.4. The number of nitrogens with zero attached hydrogens (tertiary/aromatic N) is 3. The van der Waals surface area contributed by atoms with Crippen molar-refractivity contribution in [3.05, 3.63) is 70.3 Å². The van der Waals surface area contributed by atoms with Crippen LogP contribution in [0.2, 0.25) is 0 Å². The van der Waals surface area contributed by atoms with E-state index in [9.17, 15) is 5.26 Å². The van der Waals surface area contributed by atoms with Crippen molar-refractivity contribution < 1.29 is 0 Å². The molecule has 0 radical (unpaired) electrons. The van der Waals surface area contributed by atoms with Crippen LogP contribution in [0.3, 0.4) is 0 Å². The Kier molecular flexibility index (Phi) is 5.61. The topological polar surface area (TPSA) is 52.0 Å². The number of rotatable bonds is 4. The second-order valence-corrected chi connectivity index (χ2v) is 8.51. The van der Waals surface area contributed by atoms with Crippen LogP contribution in [0.15, 0.2) is 59.2 Å². The average Bonchev–Trinajstić information content (AvgIpc) is 2.72. The fraction of sp³-hybridized carbons (Fsp3) is 0.304. The number of aromatic nitrogens is 1. The Morgan fingerprint density at radius 2 is 2.00 bits per heavy atom. The van der Waals surface area contributed by atoms with Crippen LogP contribution < -0.4 is 10.2 Å². The van der Waals surface area contributed by atoms with E-state index in [2.05, 4.69) is 80.5 Å². The van der Waals surface area contributed by atoms with Crippen LogP contribution in [0.1, 0.15) is 24.5 Å². The van der Waals surface area contributed by atoms with Gasteiger partial charge in [0.05, 0.1) is 11.1 Å². The highest BCUT2D eigenvalue weighted by Gasteiger charge is 2.26. The molecule has 2 heterocycles. The lowest BCUT2D eigenvalue weighted by Crippen LogP contribution is -2.48. The molecule has 4 nitrogen and oxygen atoms in total. The van der Waals surface area contributed by atoms with E-state index in [0.29, 0.717) is 17.5 Å². The first kappa shape index (κ1) is 18.9. The normalized spacial score (nSPS) is 19.5. The lowest BCUT2D eigenvalue weighted by molar-refractivity contribution is 0.350. The predicted molar refractivity (Wildman–Crippen MR) is 117 cm³/mol. The maximum absolute atomic E-state index is 9.40. The van der Waals surface area contributed by atoms with Crippen molar-refractivity contribution in [2.24, 2.45) is 5.92 Å². The molecular formula is C23H23BrN4. The van der Waals surface area contributed by atoms with Crippen LogP contribution in [0, 0.1) is 17.2 Å². The number of nitrogens with one attached hydrogen (secondary N) is 1. The number of fused-ring (bicyclic) bond motifs is 1. The summed E-state index contributed by atoms with van der Waals surface area (Å²) in [5.74, 6) is 0.596. The molecule has 5 heteroatoms. The van der Waals surface area contributed by atoms with Gasteiger partial charge in [-0.1, -0.05) is 35.0 Å². The first-order chi connectivity index (χ1) is 13.6. The fourth-order valence-electron chi connectivity index (χ4n) is 4.08. The standard InChI is InChI=1S/C23H23BrN4/c1-16-11-20(27-13-17-4-7-19(24)8-5-17)15-28(14-16)22-9-6-18(12-25)23-21(22)3-2-10-26-23/h2-10,16,20,27H,11,13-15H2,1H3. The minimum absolute atomic E-state index is 0.426. The lowest BCUT2D eigenvalue weighted by atomic mass is 9.94. The van der Waals surface area contributed by atoms with E-state index in [0.717, 1.165) is 35.0 Å². The molecule has 1 aromatic heterocycles. The smallest absolute Gasteiger partial charge is 0.101 e. The third-order valence-corrected chi connectivity index (χ3v) is 5.90. The van der Waals surface area contributed by atoms with Crippen LogP contribution in [0.5, 0.6) is 0 Å². The lowest BCUT2D eigenvalue weighted by Gasteiger charge is -2.39. The molecule has 1 fully saturated rings. The number of hydrogen-bond donors (Lipinski definition) is 1. The van der Waals surface area contributed by atoms with Gasteiger partial charge in [0.1, 0.15) is 6.07 Å². The predicted octanol–water partition coefficient (Wildman–Crippen LogP) is 4.87. The Labute approximate surface area is 174 Å². The van der Waals surface area contributed by atoms with E-state index in [1.807, 2.05) is 12.1 Å². The number of nitriles is 1. The Morgan fingerprint density at radius 1 is 1.18 bits per heavy atom. The Bertz CT molecular complexity index is 1010. The summed E-state index contributed by atoms with van der Waals surface area (Å²) >= 11 is 3.49. The summed E-state index contributed by atoms with van der Waals surface area (Å²) in [6.45, 7) is 5.15. The summed E-state index contributed by atoms with van der Waals surface area (Å²) in [5.41, 5.74) is 3.89. The molecule has 0 aliphatic carbocycles. The highest BCUT2D eigenvalue weighted by Crippen LogP contribution is 2.31. The number of halogens is 1. The summed E-state index contributed by atoms with van der Waals surface area (Å²) in [6, 6.07) is 19.2. The average molecular weight is 435 g/mol. The summed E-state index contributed by atoms with van der Waals surface area (Å²) in [7, 11) is 0. The molecule has 0 saturated carbocycles. The van der Waals surface area contributed by atoms with Crippen molar-refractivity contribution in [3.63, 3.8) is 0 Å². The summed E-state index contributed by atoms with van der Waals surface area (Å²) in [6.07, 6.45) is 2.92. The zero-order chi connectivity index (χ0) is 19.5. The van der Waals surface area contributed by atoms with Crippen molar-refractivity contribution in [2.45, 2.75) is 25.9 Å². The number of anilines is 1. The summed E-state index contributed by atoms with van der Waals surface area (Å²) < 4.78 is 1.11. The third-order valence-electron chi connectivity index (χ3n) is 5.38. The first-order valence-electron chi connectivity index (χ1n) is 9.64. The molecule has 1 saturated heterocycles. The molecule has 0 spiro atoms. The van der Waals surface area contributed by atoms with E-state index < -0.39 is 0 Å². The molecule has 4 rings (SSSR count). The van der Waals surface area contributed by atoms with Crippen molar-refractivity contribution in [3.8, 4) is 6.07 Å². The van der Waals surface area contributed by atoms with Gasteiger partial charge in [-0.25, -0.2) is 0 Å². The molecule has 142 valence electrons. The quantitative estimate of drug-likeness (QED) is 0.635. The van der Waals surface area contributed by atoms with E-state index in [-0.39, 0.29) is 0 Å². The second kappa shape index (κ2) is 8.30. The molecule has 28 heavy (non-hydrogen) atoms. The molecule has 3 aromatic rings. The Hall–Kier alpha value is -2.42. The monoisotopic (exact) mass is 434 g/mol. The van der Waals surface area contributed by atoms with E-state index in [1.165, 1.54) is 17.7 Å². The van der Waals surface area contributed by atoms with Gasteiger partial charge < -0.3 is 10.2 Å². The highest BCUT2D eigenvalue weighted by molar-refractivity contribution is 9.10. The maximum Gasteiger partial charge on any atom is 0.101 e. The zero-order valence-electron chi connectivity index (χ0n) is 15.9. The molecule has 0 amide bonds. The van der Waals surface area contributed by atoms with Gasteiger partial charge in [-0.2, -0.15) is 5.26 Å². The van der Waals surface area contributed by atoms with E-state index in [4.69, 9.17) is 0 Å². The van der Waals surface area contributed by atoms with Crippen LogP contribution >= 0.6 is 15.9 Å². The van der Waals surface area contributed by atoms with E-state index >= 15 is 0 Å². The van der Waals surface area contributed by atoms with E-state index in [1.54, 1.807) is 6.20 Å². The van der Waals surface area contributed by atoms with Crippen molar-refractivity contribution in [1.29, 1.82) is 5.26 Å². The zero-order valence-corrected chi connectivity index (χ0v) is 17.5. The Morgan fingerprint density at radius 3 is 2.79 bits per heavy atom. The van der Waals surface area contributed by atoms with Gasteiger partial charge in [-0.05, 0) is 54.3 Å². The highest BCUT2D eigenvalue weighted by atomic mass is 79.9. The van der Waals surface area contributed by atoms with Gasteiger partial charge in [0.2, 0.25) is 0 Å². The molecular weight excluding hydrogens is 412 g/mol. The molecule has 2 aromatic carbocycles. The number of piperidine rings is 1. The van der Waals surface area contributed by atoms with Crippen molar-refractivity contribution >= 4 is 32.5 Å². The van der Waals surface area contributed by atoms with Gasteiger partial charge in [-0.15, -0.1) is 0 Å². The number of hydrogen-bond acceptors (Lipinski definition) is 4. The van der Waals surface area contributed by atoms with Crippen LogP contribution in [-0.4, -0.2) is 24.1 Å². The molecule has 2 atom stereocenters. The maximum atomic E-state index is 9.40. The van der Waals surface area contributed by atoms with Crippen molar-refractivity contribution in [2.75, 3.05) is 18.0 Å². The molecule has 2 unspecified atom stereocenters. The van der Waals surface area contributed by atoms with Gasteiger partial charge in [0.25, 0.3) is 0 Å². The van der Waals surface area contributed by atoms with Crippen LogP contribution in [0.4, 0.5) is 5.69 Å². The molecule has 0 bridgehead atoms. The summed E-state index contributed by atoms with van der Waals surface area (Å²) in [5, 5.41) is 14.2. The number of pyridine rings is 1.